The summed E-state index contributed by atoms with van der Waals surface area (Å²) < 4.78 is 0. The van der Waals surface area contributed by atoms with Crippen molar-refractivity contribution in [2.75, 3.05) is 11.9 Å². The fourth-order valence-electron chi connectivity index (χ4n) is 2.85. The molecule has 0 aliphatic heterocycles. The maximum Gasteiger partial charge on any atom is 0.136 e. The fraction of sp³-hybridized carbons (Fsp3) is 0.500. The second-order valence-corrected chi connectivity index (χ2v) is 6.39. The van der Waals surface area contributed by atoms with Crippen LogP contribution in [0.2, 0.25) is 0 Å². The summed E-state index contributed by atoms with van der Waals surface area (Å²) in [6, 6.07) is 11.9. The highest BCUT2D eigenvalue weighted by Gasteiger charge is 2.24. The van der Waals surface area contributed by atoms with Crippen molar-refractivity contribution in [3.8, 4) is 0 Å². The number of pyridine rings is 1. The first-order valence-corrected chi connectivity index (χ1v) is 8.00. The van der Waals surface area contributed by atoms with Crippen molar-refractivity contribution in [1.29, 1.82) is 0 Å². The van der Waals surface area contributed by atoms with Gasteiger partial charge >= 0.3 is 0 Å². The molecule has 1 aromatic heterocycles. The van der Waals surface area contributed by atoms with Crippen LogP contribution in [0.5, 0.6) is 0 Å². The first kappa shape index (κ1) is 14.3. The normalized spacial score (nSPS) is 15.4. The first-order valence-electron chi connectivity index (χ1n) is 8.00. The Morgan fingerprint density at radius 3 is 2.71 bits per heavy atom. The zero-order chi connectivity index (χ0) is 14.8. The molecule has 0 saturated heterocycles. The van der Waals surface area contributed by atoms with Crippen molar-refractivity contribution in [3.05, 3.63) is 36.0 Å². The molecular weight excluding hydrogens is 258 g/mol. The van der Waals surface area contributed by atoms with E-state index in [2.05, 4.69) is 61.4 Å². The van der Waals surface area contributed by atoms with Crippen LogP contribution in [0.4, 0.5) is 5.82 Å². The minimum Gasteiger partial charge on any atom is -0.356 e. The van der Waals surface area contributed by atoms with Gasteiger partial charge in [-0.1, -0.05) is 38.1 Å². The van der Waals surface area contributed by atoms with E-state index < -0.39 is 0 Å². The Bertz CT molecular complexity index is 617. The molecule has 1 saturated carbocycles. The lowest BCUT2D eigenvalue weighted by Gasteiger charge is -2.36. The molecule has 0 radical (unpaired) electrons. The van der Waals surface area contributed by atoms with Gasteiger partial charge in [0.25, 0.3) is 0 Å². The van der Waals surface area contributed by atoms with E-state index in [4.69, 9.17) is 4.98 Å². The molecular formula is C18H25N3. The summed E-state index contributed by atoms with van der Waals surface area (Å²) in [5, 5.41) is 6.02. The molecule has 1 fully saturated rings. The Balaban J connectivity index is 1.98. The van der Waals surface area contributed by atoms with Crippen LogP contribution >= 0.6 is 0 Å². The van der Waals surface area contributed by atoms with Crippen molar-refractivity contribution >= 4 is 16.6 Å². The Kier molecular flexibility index (Phi) is 4.11. The van der Waals surface area contributed by atoms with Crippen LogP contribution in [0.1, 0.15) is 38.8 Å². The topological polar surface area (TPSA) is 28.2 Å². The number of hydrogen-bond donors (Lipinski definition) is 1. The molecule has 0 amide bonds. The van der Waals surface area contributed by atoms with Crippen molar-refractivity contribution < 1.29 is 0 Å². The zero-order valence-electron chi connectivity index (χ0n) is 13.3. The van der Waals surface area contributed by atoms with E-state index in [1.165, 1.54) is 30.0 Å². The van der Waals surface area contributed by atoms with Gasteiger partial charge in [0.15, 0.2) is 0 Å². The number of benzene rings is 1. The fourth-order valence-corrected chi connectivity index (χ4v) is 2.85. The van der Waals surface area contributed by atoms with Gasteiger partial charge in [-0.15, -0.1) is 0 Å². The standard InChI is InChI=1S/C18H25N3/c1-13(2)19-12-15-11-14-7-4-5-10-17(14)18(20-15)21(3)16-8-6-9-16/h4-5,7,10-11,13,16,19H,6,8-9,12H2,1-3H3. The number of fused-ring (bicyclic) bond motifs is 1. The number of anilines is 1. The Labute approximate surface area is 127 Å². The third-order valence-electron chi connectivity index (χ3n) is 4.42. The predicted molar refractivity (Wildman–Crippen MR) is 89.8 cm³/mol. The second kappa shape index (κ2) is 6.02. The van der Waals surface area contributed by atoms with Crippen LogP contribution in [-0.2, 0) is 6.54 Å². The lowest BCUT2D eigenvalue weighted by molar-refractivity contribution is 0.399. The molecule has 1 N–H and O–H groups in total. The van der Waals surface area contributed by atoms with Crippen LogP contribution in [0.25, 0.3) is 10.8 Å². The molecule has 112 valence electrons. The minimum absolute atomic E-state index is 0.478. The van der Waals surface area contributed by atoms with E-state index in [0.717, 1.165) is 18.1 Å². The summed E-state index contributed by atoms with van der Waals surface area (Å²) in [6.45, 7) is 5.17. The summed E-state index contributed by atoms with van der Waals surface area (Å²) in [7, 11) is 2.19. The van der Waals surface area contributed by atoms with Crippen molar-refractivity contribution in [2.24, 2.45) is 0 Å². The molecule has 0 unspecified atom stereocenters. The second-order valence-electron chi connectivity index (χ2n) is 6.39. The molecule has 21 heavy (non-hydrogen) atoms. The van der Waals surface area contributed by atoms with E-state index in [9.17, 15) is 0 Å². The maximum atomic E-state index is 4.94. The van der Waals surface area contributed by atoms with Crippen LogP contribution in [0, 0.1) is 0 Å². The smallest absolute Gasteiger partial charge is 0.136 e. The number of rotatable bonds is 5. The monoisotopic (exact) mass is 283 g/mol. The average molecular weight is 283 g/mol. The van der Waals surface area contributed by atoms with Gasteiger partial charge in [0.2, 0.25) is 0 Å². The number of nitrogens with zero attached hydrogens (tertiary/aromatic N) is 2. The maximum absolute atomic E-state index is 4.94. The molecule has 0 spiro atoms. The first-order chi connectivity index (χ1) is 10.1. The Hall–Kier alpha value is -1.61. The van der Waals surface area contributed by atoms with Crippen molar-refractivity contribution in [1.82, 2.24) is 10.3 Å². The SMILES string of the molecule is CC(C)NCc1cc2ccccc2c(N(C)C2CCC2)n1. The largest absolute Gasteiger partial charge is 0.356 e. The van der Waals surface area contributed by atoms with Gasteiger partial charge in [0, 0.05) is 31.1 Å². The highest BCUT2D eigenvalue weighted by molar-refractivity contribution is 5.92. The van der Waals surface area contributed by atoms with Crippen molar-refractivity contribution in [2.45, 2.75) is 51.7 Å². The summed E-state index contributed by atoms with van der Waals surface area (Å²) in [4.78, 5) is 7.32. The van der Waals surface area contributed by atoms with E-state index in [0.29, 0.717) is 12.1 Å². The summed E-state index contributed by atoms with van der Waals surface area (Å²) >= 11 is 0. The molecule has 1 aliphatic rings. The van der Waals surface area contributed by atoms with Gasteiger partial charge in [-0.3, -0.25) is 0 Å². The molecule has 1 aromatic carbocycles. The summed E-state index contributed by atoms with van der Waals surface area (Å²) in [5.74, 6) is 1.14. The quantitative estimate of drug-likeness (QED) is 0.906. The Morgan fingerprint density at radius 2 is 2.05 bits per heavy atom. The summed E-state index contributed by atoms with van der Waals surface area (Å²) in [6.07, 6.45) is 3.93. The molecule has 3 heteroatoms. The van der Waals surface area contributed by atoms with Gasteiger partial charge < -0.3 is 10.2 Å². The number of aromatic nitrogens is 1. The van der Waals surface area contributed by atoms with Gasteiger partial charge in [0.1, 0.15) is 5.82 Å². The molecule has 0 atom stereocenters. The minimum atomic E-state index is 0.478. The van der Waals surface area contributed by atoms with E-state index >= 15 is 0 Å². The zero-order valence-corrected chi connectivity index (χ0v) is 13.3. The lowest BCUT2D eigenvalue weighted by atomic mass is 9.91. The van der Waals surface area contributed by atoms with Gasteiger partial charge in [-0.2, -0.15) is 0 Å². The van der Waals surface area contributed by atoms with E-state index in [-0.39, 0.29) is 0 Å². The van der Waals surface area contributed by atoms with Gasteiger partial charge in [-0.05, 0) is 30.7 Å². The van der Waals surface area contributed by atoms with E-state index in [1.807, 2.05) is 0 Å². The number of nitrogens with one attached hydrogen (secondary N) is 1. The molecule has 3 nitrogen and oxygen atoms in total. The van der Waals surface area contributed by atoms with Crippen LogP contribution < -0.4 is 10.2 Å². The summed E-state index contributed by atoms with van der Waals surface area (Å²) in [5.41, 5.74) is 1.13. The van der Waals surface area contributed by atoms with Gasteiger partial charge in [-0.25, -0.2) is 4.98 Å². The highest BCUT2D eigenvalue weighted by atomic mass is 15.2. The third-order valence-corrected chi connectivity index (χ3v) is 4.42. The molecule has 1 heterocycles. The van der Waals surface area contributed by atoms with Crippen molar-refractivity contribution in [3.63, 3.8) is 0 Å². The lowest BCUT2D eigenvalue weighted by Crippen LogP contribution is -2.38. The molecule has 2 aromatic rings. The number of hydrogen-bond acceptors (Lipinski definition) is 3. The van der Waals surface area contributed by atoms with E-state index in [1.54, 1.807) is 0 Å². The van der Waals surface area contributed by atoms with Crippen LogP contribution in [-0.4, -0.2) is 24.1 Å². The van der Waals surface area contributed by atoms with Gasteiger partial charge in [0.05, 0.1) is 5.69 Å². The molecule has 0 bridgehead atoms. The third kappa shape index (κ3) is 3.03. The van der Waals surface area contributed by atoms with Crippen LogP contribution in [0.15, 0.2) is 30.3 Å². The average Bonchev–Trinajstić information content (AvgIpc) is 2.42. The molecule has 1 aliphatic carbocycles. The predicted octanol–water partition coefficient (Wildman–Crippen LogP) is 3.72. The Morgan fingerprint density at radius 1 is 1.29 bits per heavy atom. The highest BCUT2D eigenvalue weighted by Crippen LogP contribution is 2.32. The van der Waals surface area contributed by atoms with Crippen LogP contribution in [0.3, 0.4) is 0 Å². The molecule has 3 rings (SSSR count).